The number of aromatic hydroxyl groups is 1. The van der Waals surface area contributed by atoms with Gasteiger partial charge in [-0.15, -0.1) is 0 Å². The van der Waals surface area contributed by atoms with Crippen molar-refractivity contribution in [1.29, 1.82) is 5.26 Å². The Morgan fingerprint density at radius 2 is 1.80 bits per heavy atom. The molecule has 0 fully saturated rings. The molecule has 0 saturated carbocycles. The fourth-order valence-corrected chi connectivity index (χ4v) is 2.96. The normalized spacial score (nSPS) is 11.8. The van der Waals surface area contributed by atoms with Gasteiger partial charge in [0, 0.05) is 28.3 Å². The molecule has 0 aromatic heterocycles. The standard InChI is InChI=1S/C21H13ClF3N3O2/c22-17-8-7-13(9-16(17)21(23,24)25)28-20(30)12(10-26)11-27-18-5-1-4-15-14(18)3-2-6-19(15)29/h1-9,11,27,29H,(H,28,30)/b12-11-. The van der Waals surface area contributed by atoms with Crippen molar-refractivity contribution in [1.82, 2.24) is 0 Å². The van der Waals surface area contributed by atoms with Gasteiger partial charge >= 0.3 is 6.18 Å². The van der Waals surface area contributed by atoms with Crippen LogP contribution in [0.3, 0.4) is 0 Å². The molecule has 3 aromatic carbocycles. The monoisotopic (exact) mass is 431 g/mol. The average Bonchev–Trinajstić information content (AvgIpc) is 2.69. The zero-order valence-corrected chi connectivity index (χ0v) is 15.8. The molecule has 0 atom stereocenters. The molecule has 9 heteroatoms. The van der Waals surface area contributed by atoms with Crippen molar-refractivity contribution in [2.45, 2.75) is 6.18 Å². The molecule has 0 radical (unpaired) electrons. The molecule has 3 N–H and O–H groups in total. The number of carbonyl (C=O) groups excluding carboxylic acids is 1. The van der Waals surface area contributed by atoms with Crippen molar-refractivity contribution >= 4 is 39.7 Å². The lowest BCUT2D eigenvalue weighted by molar-refractivity contribution is -0.137. The molecule has 3 aromatic rings. The first-order valence-electron chi connectivity index (χ1n) is 8.46. The number of carbonyl (C=O) groups is 1. The third-order valence-corrected chi connectivity index (χ3v) is 4.50. The molecule has 30 heavy (non-hydrogen) atoms. The van der Waals surface area contributed by atoms with Gasteiger partial charge in [0.2, 0.25) is 0 Å². The lowest BCUT2D eigenvalue weighted by Crippen LogP contribution is -2.15. The highest BCUT2D eigenvalue weighted by Crippen LogP contribution is 2.36. The van der Waals surface area contributed by atoms with E-state index in [4.69, 9.17) is 11.6 Å². The summed E-state index contributed by atoms with van der Waals surface area (Å²) in [5.41, 5.74) is -1.10. The van der Waals surface area contributed by atoms with Crippen molar-refractivity contribution in [3.8, 4) is 11.8 Å². The Hall–Kier alpha value is -3.70. The Morgan fingerprint density at radius 3 is 2.50 bits per heavy atom. The minimum absolute atomic E-state index is 0.0709. The van der Waals surface area contributed by atoms with Crippen molar-refractivity contribution in [2.24, 2.45) is 0 Å². The average molecular weight is 432 g/mol. The third-order valence-electron chi connectivity index (χ3n) is 4.17. The number of hydrogen-bond donors (Lipinski definition) is 3. The van der Waals surface area contributed by atoms with Crippen molar-refractivity contribution in [3.63, 3.8) is 0 Å². The van der Waals surface area contributed by atoms with E-state index >= 15 is 0 Å². The fourth-order valence-electron chi connectivity index (χ4n) is 2.74. The highest BCUT2D eigenvalue weighted by molar-refractivity contribution is 6.31. The fraction of sp³-hybridized carbons (Fsp3) is 0.0476. The number of benzene rings is 3. The van der Waals surface area contributed by atoms with Gasteiger partial charge in [-0.25, -0.2) is 0 Å². The van der Waals surface area contributed by atoms with Crippen LogP contribution in [0.2, 0.25) is 5.02 Å². The van der Waals surface area contributed by atoms with E-state index in [2.05, 4.69) is 10.6 Å². The summed E-state index contributed by atoms with van der Waals surface area (Å²) in [5.74, 6) is -0.829. The molecule has 5 nitrogen and oxygen atoms in total. The van der Waals surface area contributed by atoms with Crippen LogP contribution in [0.25, 0.3) is 10.8 Å². The Morgan fingerprint density at radius 1 is 1.10 bits per heavy atom. The number of phenolic OH excluding ortho intramolecular Hbond substituents is 1. The number of nitrogens with zero attached hydrogens (tertiary/aromatic N) is 1. The van der Waals surface area contributed by atoms with E-state index in [0.717, 1.165) is 12.3 Å². The first-order chi connectivity index (χ1) is 14.2. The predicted molar refractivity (Wildman–Crippen MR) is 108 cm³/mol. The summed E-state index contributed by atoms with van der Waals surface area (Å²) in [5, 5.41) is 25.0. The Bertz CT molecular complexity index is 1200. The minimum Gasteiger partial charge on any atom is -0.507 e. The number of nitriles is 1. The van der Waals surface area contributed by atoms with Gasteiger partial charge in [-0.05, 0) is 30.3 Å². The maximum Gasteiger partial charge on any atom is 0.417 e. The third kappa shape index (κ3) is 4.47. The molecule has 3 rings (SSSR count). The molecular weight excluding hydrogens is 419 g/mol. The highest BCUT2D eigenvalue weighted by Gasteiger charge is 2.33. The van der Waals surface area contributed by atoms with Crippen LogP contribution in [0.5, 0.6) is 5.75 Å². The molecular formula is C21H13ClF3N3O2. The topological polar surface area (TPSA) is 85.2 Å². The first-order valence-corrected chi connectivity index (χ1v) is 8.84. The van der Waals surface area contributed by atoms with E-state index in [0.29, 0.717) is 22.5 Å². The van der Waals surface area contributed by atoms with E-state index in [9.17, 15) is 28.3 Å². The molecule has 0 heterocycles. The number of hydrogen-bond acceptors (Lipinski definition) is 4. The van der Waals surface area contributed by atoms with Crippen LogP contribution in [0.1, 0.15) is 5.56 Å². The van der Waals surface area contributed by atoms with E-state index in [1.807, 2.05) is 0 Å². The molecule has 0 aliphatic carbocycles. The molecule has 152 valence electrons. The predicted octanol–water partition coefficient (Wildman–Crippen LogP) is 5.68. The summed E-state index contributed by atoms with van der Waals surface area (Å²) in [6, 6.07) is 14.6. The molecule has 0 spiro atoms. The van der Waals surface area contributed by atoms with Crippen molar-refractivity contribution in [3.05, 3.63) is 77.0 Å². The van der Waals surface area contributed by atoms with Crippen molar-refractivity contribution < 1.29 is 23.1 Å². The molecule has 0 bridgehead atoms. The summed E-state index contributed by atoms with van der Waals surface area (Å²) in [6.07, 6.45) is -3.55. The number of halogens is 4. The Kier molecular flexibility index (Phi) is 5.85. The second-order valence-electron chi connectivity index (χ2n) is 6.14. The van der Waals surface area contributed by atoms with E-state index in [-0.39, 0.29) is 17.0 Å². The minimum atomic E-state index is -4.69. The van der Waals surface area contributed by atoms with Crippen LogP contribution in [-0.4, -0.2) is 11.0 Å². The largest absolute Gasteiger partial charge is 0.507 e. The SMILES string of the molecule is N#C/C(=C/Nc1cccc2c(O)cccc12)C(=O)Nc1ccc(Cl)c(C(F)(F)F)c1. The van der Waals surface area contributed by atoms with Crippen LogP contribution in [0.4, 0.5) is 24.5 Å². The second-order valence-corrected chi connectivity index (χ2v) is 6.55. The maximum atomic E-state index is 13.0. The molecule has 0 saturated heterocycles. The number of anilines is 2. The van der Waals surface area contributed by atoms with Gasteiger partial charge in [-0.2, -0.15) is 18.4 Å². The van der Waals surface area contributed by atoms with Gasteiger partial charge in [0.05, 0.1) is 10.6 Å². The molecule has 1 amide bonds. The van der Waals surface area contributed by atoms with E-state index in [1.54, 1.807) is 36.4 Å². The number of fused-ring (bicyclic) bond motifs is 1. The number of amides is 1. The molecule has 0 aliphatic heterocycles. The first kappa shape index (κ1) is 21.0. The lowest BCUT2D eigenvalue weighted by Gasteiger charge is -2.12. The number of nitrogens with one attached hydrogen (secondary N) is 2. The second kappa shape index (κ2) is 8.35. The quantitative estimate of drug-likeness (QED) is 0.366. The smallest absolute Gasteiger partial charge is 0.417 e. The van der Waals surface area contributed by atoms with E-state index < -0.39 is 22.7 Å². The van der Waals surface area contributed by atoms with Gasteiger partial charge in [0.15, 0.2) is 0 Å². The molecule has 0 aliphatic rings. The van der Waals surface area contributed by atoms with Crippen LogP contribution in [-0.2, 0) is 11.0 Å². The summed E-state index contributed by atoms with van der Waals surface area (Å²) in [7, 11) is 0. The lowest BCUT2D eigenvalue weighted by atomic mass is 10.1. The Balaban J connectivity index is 1.84. The number of phenols is 1. The van der Waals surface area contributed by atoms with Gasteiger partial charge in [-0.3, -0.25) is 4.79 Å². The summed E-state index contributed by atoms with van der Waals surface area (Å²) < 4.78 is 38.9. The van der Waals surface area contributed by atoms with Gasteiger partial charge in [0.25, 0.3) is 5.91 Å². The van der Waals surface area contributed by atoms with Gasteiger partial charge in [0.1, 0.15) is 17.4 Å². The molecule has 0 unspecified atom stereocenters. The zero-order chi connectivity index (χ0) is 21.9. The van der Waals surface area contributed by atoms with Crippen molar-refractivity contribution in [2.75, 3.05) is 10.6 Å². The van der Waals surface area contributed by atoms with E-state index in [1.165, 1.54) is 12.1 Å². The summed E-state index contributed by atoms with van der Waals surface area (Å²) in [6.45, 7) is 0. The summed E-state index contributed by atoms with van der Waals surface area (Å²) >= 11 is 5.56. The highest BCUT2D eigenvalue weighted by atomic mass is 35.5. The van der Waals surface area contributed by atoms with Crippen LogP contribution in [0.15, 0.2) is 66.4 Å². The maximum absolute atomic E-state index is 13.0. The zero-order valence-electron chi connectivity index (χ0n) is 15.1. The van der Waals surface area contributed by atoms with Crippen LogP contribution >= 0.6 is 11.6 Å². The van der Waals surface area contributed by atoms with Gasteiger partial charge in [-0.1, -0.05) is 35.9 Å². The number of alkyl halides is 3. The summed E-state index contributed by atoms with van der Waals surface area (Å²) in [4.78, 5) is 12.3. The van der Waals surface area contributed by atoms with Crippen LogP contribution < -0.4 is 10.6 Å². The number of rotatable bonds is 4. The van der Waals surface area contributed by atoms with Crippen LogP contribution in [0, 0.1) is 11.3 Å². The Labute approximate surface area is 174 Å². The van der Waals surface area contributed by atoms with Gasteiger partial charge < -0.3 is 15.7 Å².